The molecule has 2 unspecified atom stereocenters. The van der Waals surface area contributed by atoms with Crippen molar-refractivity contribution >= 4 is 5.65 Å². The highest BCUT2D eigenvalue weighted by molar-refractivity contribution is 5.45. The van der Waals surface area contributed by atoms with Crippen LogP contribution in [0.2, 0.25) is 0 Å². The first-order valence-corrected chi connectivity index (χ1v) is 9.52. The molecule has 0 saturated carbocycles. The third kappa shape index (κ3) is 2.31. The molecular formula is C20H26N6. The smallest absolute Gasteiger partial charge is 0.155 e. The van der Waals surface area contributed by atoms with Crippen LogP contribution in [0.1, 0.15) is 62.4 Å². The lowest BCUT2D eigenvalue weighted by molar-refractivity contribution is 0.159. The molecule has 2 atom stereocenters. The topological polar surface area (TPSA) is 51.2 Å². The number of hydrogen-bond donors (Lipinski definition) is 0. The van der Waals surface area contributed by atoms with E-state index >= 15 is 0 Å². The van der Waals surface area contributed by atoms with E-state index in [0.717, 1.165) is 30.1 Å². The highest BCUT2D eigenvalue weighted by Gasteiger charge is 2.41. The van der Waals surface area contributed by atoms with E-state index in [4.69, 9.17) is 10.1 Å². The van der Waals surface area contributed by atoms with Crippen LogP contribution in [-0.2, 0) is 25.4 Å². The molecule has 0 spiro atoms. The number of aryl methyl sites for hydroxylation is 1. The highest BCUT2D eigenvalue weighted by Crippen LogP contribution is 2.44. The maximum Gasteiger partial charge on any atom is 0.155 e. The molecule has 136 valence electrons. The Morgan fingerprint density at radius 3 is 2.77 bits per heavy atom. The van der Waals surface area contributed by atoms with Crippen molar-refractivity contribution in [3.63, 3.8) is 0 Å². The van der Waals surface area contributed by atoms with Gasteiger partial charge in [0.25, 0.3) is 0 Å². The van der Waals surface area contributed by atoms with Gasteiger partial charge in [0.2, 0.25) is 0 Å². The van der Waals surface area contributed by atoms with Crippen LogP contribution in [0.3, 0.4) is 0 Å². The second-order valence-corrected chi connectivity index (χ2v) is 8.79. The van der Waals surface area contributed by atoms with Gasteiger partial charge in [-0.15, -0.1) is 0 Å². The summed E-state index contributed by atoms with van der Waals surface area (Å²) >= 11 is 0. The van der Waals surface area contributed by atoms with E-state index in [9.17, 15) is 0 Å². The molecule has 1 saturated heterocycles. The van der Waals surface area contributed by atoms with Crippen LogP contribution < -0.4 is 0 Å². The minimum Gasteiger partial charge on any atom is -0.337 e. The Morgan fingerprint density at radius 2 is 2.04 bits per heavy atom. The molecule has 6 heteroatoms. The van der Waals surface area contributed by atoms with Gasteiger partial charge in [0.05, 0.1) is 17.9 Å². The molecule has 2 bridgehead atoms. The fourth-order valence-corrected chi connectivity index (χ4v) is 4.51. The first-order chi connectivity index (χ1) is 12.4. The molecular weight excluding hydrogens is 324 g/mol. The van der Waals surface area contributed by atoms with Crippen molar-refractivity contribution < 1.29 is 0 Å². The molecule has 5 rings (SSSR count). The van der Waals surface area contributed by atoms with E-state index in [2.05, 4.69) is 59.0 Å². The fraction of sp³-hybridized carbons (Fsp3) is 0.550. The lowest BCUT2D eigenvalue weighted by Gasteiger charge is -2.35. The first kappa shape index (κ1) is 16.0. The van der Waals surface area contributed by atoms with Gasteiger partial charge in [-0.05, 0) is 12.8 Å². The predicted molar refractivity (Wildman–Crippen MR) is 99.9 cm³/mol. The summed E-state index contributed by atoms with van der Waals surface area (Å²) in [6.07, 6.45) is 9.48. The van der Waals surface area contributed by atoms with Gasteiger partial charge in [-0.1, -0.05) is 20.8 Å². The van der Waals surface area contributed by atoms with E-state index < -0.39 is 0 Å². The SMILES string of the molecule is Cn1ccnc1CN1C2CCC1c1cnc3cc(C(C)(C)C)nn3c1C2. The third-order valence-electron chi connectivity index (χ3n) is 6.06. The predicted octanol–water partition coefficient (Wildman–Crippen LogP) is 3.02. The van der Waals surface area contributed by atoms with Gasteiger partial charge in [-0.2, -0.15) is 5.10 Å². The average Bonchev–Trinajstić information content (AvgIpc) is 3.26. The quantitative estimate of drug-likeness (QED) is 0.713. The molecule has 0 radical (unpaired) electrons. The molecule has 5 heterocycles. The molecule has 0 N–H and O–H groups in total. The molecule has 0 aromatic carbocycles. The third-order valence-corrected chi connectivity index (χ3v) is 6.06. The summed E-state index contributed by atoms with van der Waals surface area (Å²) in [5, 5.41) is 4.93. The summed E-state index contributed by atoms with van der Waals surface area (Å²) in [6.45, 7) is 7.53. The summed E-state index contributed by atoms with van der Waals surface area (Å²) in [6, 6.07) is 3.14. The number of rotatable bonds is 2. The standard InChI is InChI=1S/C20H26N6/c1-20(2,3)17-10-18-22-11-14-15-6-5-13(9-16(14)26(18)23-17)25(15)12-19-21-7-8-24(19)4/h7-8,10-11,13,15H,5-6,9,12H2,1-4H3. The Hall–Kier alpha value is -2.21. The van der Waals surface area contributed by atoms with E-state index in [0.29, 0.717) is 12.1 Å². The number of aromatic nitrogens is 5. The van der Waals surface area contributed by atoms with Crippen molar-refractivity contribution in [3.8, 4) is 0 Å². The molecule has 3 aromatic rings. The van der Waals surface area contributed by atoms with Crippen molar-refractivity contribution in [1.82, 2.24) is 29.0 Å². The van der Waals surface area contributed by atoms with Crippen molar-refractivity contribution in [3.05, 3.63) is 47.4 Å². The van der Waals surface area contributed by atoms with Crippen molar-refractivity contribution in [2.75, 3.05) is 0 Å². The monoisotopic (exact) mass is 350 g/mol. The van der Waals surface area contributed by atoms with Crippen LogP contribution in [0.5, 0.6) is 0 Å². The molecule has 1 fully saturated rings. The molecule has 2 aliphatic heterocycles. The zero-order valence-electron chi connectivity index (χ0n) is 16.0. The van der Waals surface area contributed by atoms with E-state index in [1.807, 2.05) is 12.4 Å². The molecule has 6 nitrogen and oxygen atoms in total. The number of imidazole rings is 1. The van der Waals surface area contributed by atoms with Gasteiger partial charge in [-0.25, -0.2) is 14.5 Å². The minimum atomic E-state index is 0.0401. The first-order valence-electron chi connectivity index (χ1n) is 9.52. The van der Waals surface area contributed by atoms with Crippen molar-refractivity contribution in [2.45, 2.75) is 64.1 Å². The summed E-state index contributed by atoms with van der Waals surface area (Å²) in [5.41, 5.74) is 4.84. The Kier molecular flexibility index (Phi) is 3.32. The number of nitrogens with zero attached hydrogens (tertiary/aromatic N) is 6. The van der Waals surface area contributed by atoms with E-state index in [1.165, 1.54) is 24.1 Å². The van der Waals surface area contributed by atoms with Gasteiger partial charge in [0.15, 0.2) is 5.65 Å². The summed E-state index contributed by atoms with van der Waals surface area (Å²) in [7, 11) is 2.07. The van der Waals surface area contributed by atoms with Gasteiger partial charge >= 0.3 is 0 Å². The molecule has 3 aromatic heterocycles. The van der Waals surface area contributed by atoms with Crippen LogP contribution >= 0.6 is 0 Å². The summed E-state index contributed by atoms with van der Waals surface area (Å²) in [5.74, 6) is 1.13. The highest BCUT2D eigenvalue weighted by atomic mass is 15.3. The van der Waals surface area contributed by atoms with Crippen LogP contribution in [-0.4, -0.2) is 35.1 Å². The molecule has 26 heavy (non-hydrogen) atoms. The maximum absolute atomic E-state index is 4.93. The largest absolute Gasteiger partial charge is 0.337 e. The Bertz CT molecular complexity index is 976. The van der Waals surface area contributed by atoms with E-state index in [1.54, 1.807) is 0 Å². The normalized spacial score (nSPS) is 22.9. The van der Waals surface area contributed by atoms with Gasteiger partial charge in [0, 0.05) is 61.2 Å². The molecule has 0 amide bonds. The minimum absolute atomic E-state index is 0.0401. The summed E-state index contributed by atoms with van der Waals surface area (Å²) < 4.78 is 4.23. The number of hydrogen-bond acceptors (Lipinski definition) is 4. The second-order valence-electron chi connectivity index (χ2n) is 8.79. The zero-order chi connectivity index (χ0) is 18.1. The molecule has 2 aliphatic rings. The zero-order valence-corrected chi connectivity index (χ0v) is 16.0. The lowest BCUT2D eigenvalue weighted by Crippen LogP contribution is -2.38. The van der Waals surface area contributed by atoms with Crippen LogP contribution in [0.15, 0.2) is 24.7 Å². The fourth-order valence-electron chi connectivity index (χ4n) is 4.51. The van der Waals surface area contributed by atoms with Crippen molar-refractivity contribution in [2.24, 2.45) is 7.05 Å². The lowest BCUT2D eigenvalue weighted by atomic mass is 9.93. The van der Waals surface area contributed by atoms with Gasteiger partial charge in [-0.3, -0.25) is 4.90 Å². The Labute approximate surface area is 153 Å². The Balaban J connectivity index is 1.56. The van der Waals surface area contributed by atoms with Crippen LogP contribution in [0.4, 0.5) is 0 Å². The number of fused-ring (bicyclic) bond motifs is 6. The van der Waals surface area contributed by atoms with Crippen LogP contribution in [0.25, 0.3) is 5.65 Å². The van der Waals surface area contributed by atoms with Crippen LogP contribution in [0, 0.1) is 0 Å². The molecule has 0 aliphatic carbocycles. The maximum atomic E-state index is 4.93. The Morgan fingerprint density at radius 1 is 1.19 bits per heavy atom. The van der Waals surface area contributed by atoms with E-state index in [-0.39, 0.29) is 5.41 Å². The second kappa shape index (κ2) is 5.39. The van der Waals surface area contributed by atoms with Crippen molar-refractivity contribution in [1.29, 1.82) is 0 Å². The van der Waals surface area contributed by atoms with Gasteiger partial charge in [0.1, 0.15) is 5.82 Å². The average molecular weight is 350 g/mol. The summed E-state index contributed by atoms with van der Waals surface area (Å²) in [4.78, 5) is 11.9. The van der Waals surface area contributed by atoms with Gasteiger partial charge < -0.3 is 4.57 Å².